The summed E-state index contributed by atoms with van der Waals surface area (Å²) in [4.78, 5) is 23.7. The molecule has 2 N–H and O–H groups in total. The summed E-state index contributed by atoms with van der Waals surface area (Å²) < 4.78 is 18.4. The van der Waals surface area contributed by atoms with Crippen LogP contribution in [-0.4, -0.2) is 11.0 Å². The Hall–Kier alpha value is -2.53. The maximum Gasteiger partial charge on any atom is 0.408 e. The van der Waals surface area contributed by atoms with Crippen LogP contribution in [0.1, 0.15) is 16.9 Å². The summed E-state index contributed by atoms with van der Waals surface area (Å²) in [5.41, 5.74) is 1.37. The van der Waals surface area contributed by atoms with Crippen LogP contribution in [0.2, 0.25) is 0 Å². The van der Waals surface area contributed by atoms with Crippen molar-refractivity contribution < 1.29 is 19.0 Å². The van der Waals surface area contributed by atoms with E-state index in [2.05, 4.69) is 5.32 Å². The lowest BCUT2D eigenvalue weighted by Gasteiger charge is -2.23. The fraction of sp³-hybridized carbons (Fsp3) is 0.0952. The number of benzene rings is 3. The number of nitrogens with one attached hydrogen (secondary N) is 1. The molecule has 0 saturated heterocycles. The molecule has 5 nitrogen and oxygen atoms in total. The molecule has 0 saturated carbocycles. The SMILES string of the molecule is O=C(NC(c1ccccc1)P(=O)(O)Sc1ccccc1)OCc1ccccc1. The average molecular weight is 413 g/mol. The molecule has 0 radical (unpaired) electrons. The van der Waals surface area contributed by atoms with E-state index in [0.717, 1.165) is 16.9 Å². The normalized spacial score (nSPS) is 13.9. The zero-order chi connectivity index (χ0) is 19.8. The second kappa shape index (κ2) is 9.60. The lowest BCUT2D eigenvalue weighted by molar-refractivity contribution is 0.138. The second-order valence-corrected chi connectivity index (χ2v) is 10.4. The first-order chi connectivity index (χ1) is 13.5. The highest BCUT2D eigenvalue weighted by atomic mass is 32.7. The van der Waals surface area contributed by atoms with Crippen LogP contribution < -0.4 is 5.32 Å². The standard InChI is InChI=1S/C21H20NO4PS/c23-21(26-16-17-10-4-1-5-11-17)22-20(18-12-6-2-7-13-18)27(24,25)28-19-14-8-3-9-15-19/h1-15,20H,16H2,(H,22,23)(H,24,25). The van der Waals surface area contributed by atoms with Gasteiger partial charge in [0, 0.05) is 4.90 Å². The largest absolute Gasteiger partial charge is 0.445 e. The Balaban J connectivity index is 1.75. The molecule has 0 aromatic heterocycles. The van der Waals surface area contributed by atoms with Crippen LogP contribution in [0.25, 0.3) is 0 Å². The first-order valence-electron chi connectivity index (χ1n) is 8.64. The fourth-order valence-electron chi connectivity index (χ4n) is 2.55. The number of hydrogen-bond donors (Lipinski definition) is 2. The minimum absolute atomic E-state index is 0.0791. The highest BCUT2D eigenvalue weighted by Gasteiger charge is 2.35. The second-order valence-electron chi connectivity index (χ2n) is 5.99. The van der Waals surface area contributed by atoms with Crippen LogP contribution in [0.5, 0.6) is 0 Å². The van der Waals surface area contributed by atoms with Crippen molar-refractivity contribution in [1.29, 1.82) is 0 Å². The van der Waals surface area contributed by atoms with Crippen molar-refractivity contribution in [3.05, 3.63) is 102 Å². The summed E-state index contributed by atoms with van der Waals surface area (Å²) in [6.07, 6.45) is -0.749. The van der Waals surface area contributed by atoms with E-state index in [9.17, 15) is 14.3 Å². The summed E-state index contributed by atoms with van der Waals surface area (Å²) in [7, 11) is 0. The summed E-state index contributed by atoms with van der Waals surface area (Å²) in [6, 6.07) is 26.9. The van der Waals surface area contributed by atoms with Gasteiger partial charge in [0.1, 0.15) is 12.4 Å². The number of rotatable bonds is 7. The quantitative estimate of drug-likeness (QED) is 0.494. The lowest BCUT2D eigenvalue weighted by atomic mass is 10.2. The number of carbonyl (C=O) groups is 1. The molecule has 3 rings (SSSR count). The lowest BCUT2D eigenvalue weighted by Crippen LogP contribution is -2.28. The van der Waals surface area contributed by atoms with E-state index in [-0.39, 0.29) is 6.61 Å². The van der Waals surface area contributed by atoms with E-state index in [4.69, 9.17) is 4.74 Å². The minimum Gasteiger partial charge on any atom is -0.445 e. The summed E-state index contributed by atoms with van der Waals surface area (Å²) in [5, 5.41) is 2.57. The Bertz CT molecular complexity index is 938. The molecule has 0 aliphatic carbocycles. The molecule has 0 bridgehead atoms. The van der Waals surface area contributed by atoms with Gasteiger partial charge in [-0.25, -0.2) is 4.79 Å². The fourth-order valence-corrected chi connectivity index (χ4v) is 6.16. The maximum absolute atomic E-state index is 13.1. The molecule has 0 heterocycles. The van der Waals surface area contributed by atoms with Gasteiger partial charge in [-0.15, -0.1) is 0 Å². The van der Waals surface area contributed by atoms with Crippen molar-refractivity contribution in [1.82, 2.24) is 5.32 Å². The summed E-state index contributed by atoms with van der Waals surface area (Å²) >= 11 is 0.846. The van der Waals surface area contributed by atoms with Crippen LogP contribution in [0.4, 0.5) is 4.79 Å². The number of alkyl carbamates (subject to hydrolysis) is 1. The van der Waals surface area contributed by atoms with Crippen molar-refractivity contribution in [3.63, 3.8) is 0 Å². The Morgan fingerprint density at radius 3 is 2.07 bits per heavy atom. The maximum atomic E-state index is 13.1. The number of amides is 1. The predicted molar refractivity (Wildman–Crippen MR) is 111 cm³/mol. The molecule has 3 aromatic rings. The molecular weight excluding hydrogens is 393 g/mol. The van der Waals surface area contributed by atoms with Crippen molar-refractivity contribution in [2.24, 2.45) is 0 Å². The molecule has 3 aromatic carbocycles. The van der Waals surface area contributed by atoms with Crippen LogP contribution in [0.15, 0.2) is 95.9 Å². The zero-order valence-electron chi connectivity index (χ0n) is 15.0. The third-order valence-corrected chi connectivity index (χ3v) is 7.76. The molecule has 7 heteroatoms. The minimum atomic E-state index is -3.89. The van der Waals surface area contributed by atoms with Gasteiger partial charge in [0.15, 0.2) is 0 Å². The van der Waals surface area contributed by atoms with Gasteiger partial charge in [-0.3, -0.25) is 4.57 Å². The molecule has 2 atom stereocenters. The summed E-state index contributed by atoms with van der Waals surface area (Å²) in [5.74, 6) is -1.10. The monoisotopic (exact) mass is 413 g/mol. The van der Waals surface area contributed by atoms with Gasteiger partial charge in [-0.05, 0) is 34.6 Å². The van der Waals surface area contributed by atoms with Crippen LogP contribution in [0, 0.1) is 0 Å². The average Bonchev–Trinajstić information content (AvgIpc) is 2.72. The Labute approximate surface area is 168 Å². The van der Waals surface area contributed by atoms with Crippen LogP contribution in [-0.2, 0) is 15.9 Å². The van der Waals surface area contributed by atoms with E-state index in [1.807, 2.05) is 36.4 Å². The van der Waals surface area contributed by atoms with Crippen molar-refractivity contribution in [2.75, 3.05) is 0 Å². The van der Waals surface area contributed by atoms with Gasteiger partial charge in [0.25, 0.3) is 6.57 Å². The van der Waals surface area contributed by atoms with Gasteiger partial charge >= 0.3 is 6.09 Å². The van der Waals surface area contributed by atoms with Crippen molar-refractivity contribution in [2.45, 2.75) is 17.3 Å². The Morgan fingerprint density at radius 2 is 1.46 bits per heavy atom. The van der Waals surface area contributed by atoms with Gasteiger partial charge in [-0.2, -0.15) is 0 Å². The Kier molecular flexibility index (Phi) is 6.93. The topological polar surface area (TPSA) is 75.6 Å². The van der Waals surface area contributed by atoms with Gasteiger partial charge in [0.2, 0.25) is 0 Å². The first kappa shape index (κ1) is 20.2. The predicted octanol–water partition coefficient (Wildman–Crippen LogP) is 5.59. The van der Waals surface area contributed by atoms with Crippen molar-refractivity contribution >= 4 is 24.0 Å². The molecule has 144 valence electrons. The van der Waals surface area contributed by atoms with Gasteiger partial charge in [0.05, 0.1) is 0 Å². The van der Waals surface area contributed by atoms with E-state index >= 15 is 0 Å². The number of carbonyl (C=O) groups excluding carboxylic acids is 1. The molecule has 0 fully saturated rings. The Morgan fingerprint density at radius 1 is 0.929 bits per heavy atom. The van der Waals surface area contributed by atoms with Crippen LogP contribution >= 0.6 is 18.0 Å². The molecular formula is C21H20NO4PS. The number of ether oxygens (including phenoxy) is 1. The van der Waals surface area contributed by atoms with E-state index in [1.54, 1.807) is 54.6 Å². The van der Waals surface area contributed by atoms with Crippen LogP contribution in [0.3, 0.4) is 0 Å². The summed E-state index contributed by atoms with van der Waals surface area (Å²) in [6.45, 7) is -3.81. The molecule has 0 aliphatic heterocycles. The molecule has 1 amide bonds. The van der Waals surface area contributed by atoms with E-state index in [1.165, 1.54) is 0 Å². The third kappa shape index (κ3) is 5.73. The number of hydrogen-bond acceptors (Lipinski definition) is 4. The smallest absolute Gasteiger partial charge is 0.408 e. The highest BCUT2D eigenvalue weighted by molar-refractivity contribution is 8.56. The van der Waals surface area contributed by atoms with E-state index in [0.29, 0.717) is 10.5 Å². The zero-order valence-corrected chi connectivity index (χ0v) is 16.7. The molecule has 0 aliphatic rings. The molecule has 28 heavy (non-hydrogen) atoms. The van der Waals surface area contributed by atoms with Gasteiger partial charge in [-0.1, -0.05) is 78.9 Å². The van der Waals surface area contributed by atoms with Crippen molar-refractivity contribution in [3.8, 4) is 0 Å². The highest BCUT2D eigenvalue weighted by Crippen LogP contribution is 2.66. The molecule has 0 spiro atoms. The van der Waals surface area contributed by atoms with E-state index < -0.39 is 18.4 Å². The molecule has 2 unspecified atom stereocenters. The first-order valence-corrected chi connectivity index (χ1v) is 11.8. The van der Waals surface area contributed by atoms with Gasteiger partial charge < -0.3 is 14.9 Å². The third-order valence-electron chi connectivity index (χ3n) is 3.89.